The molecule has 0 aromatic rings. The Bertz CT molecular complexity index is 261. The summed E-state index contributed by atoms with van der Waals surface area (Å²) >= 11 is 0. The minimum absolute atomic E-state index is 0.489. The molecule has 0 rings (SSSR count). The second-order valence-electron chi connectivity index (χ2n) is 5.00. The van der Waals surface area contributed by atoms with Crippen molar-refractivity contribution in [2.75, 3.05) is 52.4 Å². The van der Waals surface area contributed by atoms with E-state index in [1.165, 1.54) is 0 Å². The predicted molar refractivity (Wildman–Crippen MR) is 88.3 cm³/mol. The van der Waals surface area contributed by atoms with Gasteiger partial charge in [-0.2, -0.15) is 0 Å². The summed E-state index contributed by atoms with van der Waals surface area (Å²) in [6, 6.07) is 0. The summed E-state index contributed by atoms with van der Waals surface area (Å²) in [6.45, 7) is 5.69. The largest absolute Gasteiger partial charge is 0.348 e. The summed E-state index contributed by atoms with van der Waals surface area (Å²) in [7, 11) is 0. The molecule has 0 saturated heterocycles. The van der Waals surface area contributed by atoms with E-state index < -0.39 is 11.8 Å². The maximum atomic E-state index is 11.5. The van der Waals surface area contributed by atoms with Crippen LogP contribution in [0.25, 0.3) is 0 Å². The summed E-state index contributed by atoms with van der Waals surface area (Å²) in [5.74, 6) is -1.14. The lowest BCUT2D eigenvalue weighted by Gasteiger charge is -2.07. The molecule has 0 aliphatic heterocycles. The standard InChI is InChI=1S/C14H32N6O2/c15-5-1-7-17-9-3-11-19-13(21)14(22)20-12-4-10-18-8-2-6-16/h17-18H,1-12,15-16H2,(H,19,21)(H,20,22). The van der Waals surface area contributed by atoms with E-state index in [4.69, 9.17) is 11.5 Å². The molecule has 0 unspecified atom stereocenters. The second-order valence-corrected chi connectivity index (χ2v) is 5.00. The molecule has 0 aromatic heterocycles. The van der Waals surface area contributed by atoms with Crippen LogP contribution in [-0.4, -0.2) is 64.2 Å². The zero-order valence-corrected chi connectivity index (χ0v) is 13.5. The molecule has 0 spiro atoms. The van der Waals surface area contributed by atoms with E-state index >= 15 is 0 Å². The smallest absolute Gasteiger partial charge is 0.309 e. The normalized spacial score (nSPS) is 10.5. The topological polar surface area (TPSA) is 134 Å². The van der Waals surface area contributed by atoms with Gasteiger partial charge in [0.25, 0.3) is 0 Å². The Labute approximate surface area is 133 Å². The van der Waals surface area contributed by atoms with Crippen LogP contribution < -0.4 is 32.7 Å². The number of carbonyl (C=O) groups excluding carboxylic acids is 2. The van der Waals surface area contributed by atoms with Crippen molar-refractivity contribution in [1.29, 1.82) is 0 Å². The molecule has 22 heavy (non-hydrogen) atoms. The molecule has 8 nitrogen and oxygen atoms in total. The van der Waals surface area contributed by atoms with Gasteiger partial charge in [0, 0.05) is 13.1 Å². The fourth-order valence-electron chi connectivity index (χ4n) is 1.70. The average Bonchev–Trinajstić information content (AvgIpc) is 2.52. The first-order chi connectivity index (χ1) is 10.7. The van der Waals surface area contributed by atoms with E-state index in [0.717, 1.165) is 51.9 Å². The van der Waals surface area contributed by atoms with Crippen LogP contribution in [-0.2, 0) is 9.59 Å². The Morgan fingerprint density at radius 2 is 0.955 bits per heavy atom. The molecule has 0 heterocycles. The second kappa shape index (κ2) is 16.2. The number of nitrogens with one attached hydrogen (secondary N) is 4. The van der Waals surface area contributed by atoms with E-state index in [2.05, 4.69) is 21.3 Å². The highest BCUT2D eigenvalue weighted by atomic mass is 16.2. The maximum Gasteiger partial charge on any atom is 0.309 e. The highest BCUT2D eigenvalue weighted by Gasteiger charge is 2.11. The number of hydrogen-bond acceptors (Lipinski definition) is 6. The highest BCUT2D eigenvalue weighted by molar-refractivity contribution is 6.35. The third kappa shape index (κ3) is 13.7. The monoisotopic (exact) mass is 316 g/mol. The molecule has 0 aromatic carbocycles. The summed E-state index contributed by atoms with van der Waals surface area (Å²) in [4.78, 5) is 23.0. The number of hydrogen-bond donors (Lipinski definition) is 6. The van der Waals surface area contributed by atoms with Crippen LogP contribution in [0.15, 0.2) is 0 Å². The van der Waals surface area contributed by atoms with Crippen LogP contribution in [0.4, 0.5) is 0 Å². The Kier molecular flexibility index (Phi) is 15.3. The van der Waals surface area contributed by atoms with Crippen LogP contribution in [0.5, 0.6) is 0 Å². The number of rotatable bonds is 14. The van der Waals surface area contributed by atoms with Gasteiger partial charge in [-0.15, -0.1) is 0 Å². The first-order valence-corrected chi connectivity index (χ1v) is 8.10. The van der Waals surface area contributed by atoms with Crippen LogP contribution in [0.1, 0.15) is 25.7 Å². The van der Waals surface area contributed by atoms with Crippen molar-refractivity contribution in [2.45, 2.75) is 25.7 Å². The molecular formula is C14H32N6O2. The number of carbonyl (C=O) groups is 2. The van der Waals surface area contributed by atoms with E-state index in [1.54, 1.807) is 0 Å². The van der Waals surface area contributed by atoms with E-state index in [1.807, 2.05) is 0 Å². The van der Waals surface area contributed by atoms with Crippen molar-refractivity contribution < 1.29 is 9.59 Å². The van der Waals surface area contributed by atoms with Crippen molar-refractivity contribution >= 4 is 11.8 Å². The summed E-state index contributed by atoms with van der Waals surface area (Å²) < 4.78 is 0. The molecular weight excluding hydrogens is 284 g/mol. The SMILES string of the molecule is NCCCNCCCNC(=O)C(=O)NCCCNCCCN. The van der Waals surface area contributed by atoms with Crippen LogP contribution in [0, 0.1) is 0 Å². The van der Waals surface area contributed by atoms with Crippen LogP contribution in [0.2, 0.25) is 0 Å². The molecule has 8 N–H and O–H groups in total. The van der Waals surface area contributed by atoms with Gasteiger partial charge in [0.2, 0.25) is 0 Å². The zero-order valence-electron chi connectivity index (χ0n) is 13.5. The average molecular weight is 316 g/mol. The van der Waals surface area contributed by atoms with Gasteiger partial charge in [0.15, 0.2) is 0 Å². The lowest BCUT2D eigenvalue weighted by Crippen LogP contribution is -2.41. The maximum absolute atomic E-state index is 11.5. The van der Waals surface area contributed by atoms with E-state index in [-0.39, 0.29) is 0 Å². The van der Waals surface area contributed by atoms with E-state index in [0.29, 0.717) is 26.2 Å². The quantitative estimate of drug-likeness (QED) is 0.160. The van der Waals surface area contributed by atoms with Crippen molar-refractivity contribution in [3.05, 3.63) is 0 Å². The molecule has 0 aliphatic rings. The molecule has 0 radical (unpaired) electrons. The minimum Gasteiger partial charge on any atom is -0.348 e. The third-order valence-corrected chi connectivity index (χ3v) is 2.95. The summed E-state index contributed by atoms with van der Waals surface area (Å²) in [6.07, 6.45) is 3.45. The summed E-state index contributed by atoms with van der Waals surface area (Å²) in [5, 5.41) is 11.6. The number of amides is 2. The van der Waals surface area contributed by atoms with Crippen LogP contribution in [0.3, 0.4) is 0 Å². The van der Waals surface area contributed by atoms with Crippen molar-refractivity contribution in [3.8, 4) is 0 Å². The van der Waals surface area contributed by atoms with Gasteiger partial charge in [0.1, 0.15) is 0 Å². The highest BCUT2D eigenvalue weighted by Crippen LogP contribution is 1.79. The lowest BCUT2D eigenvalue weighted by molar-refractivity contribution is -0.139. The Morgan fingerprint density at radius 1 is 0.591 bits per heavy atom. The van der Waals surface area contributed by atoms with Crippen molar-refractivity contribution in [1.82, 2.24) is 21.3 Å². The fraction of sp³-hybridized carbons (Fsp3) is 0.857. The molecule has 0 saturated carbocycles. The fourth-order valence-corrected chi connectivity index (χ4v) is 1.70. The van der Waals surface area contributed by atoms with Crippen molar-refractivity contribution in [3.63, 3.8) is 0 Å². The molecule has 0 fully saturated rings. The molecule has 2 amide bonds. The Hall–Kier alpha value is -1.22. The Balaban J connectivity index is 3.38. The summed E-state index contributed by atoms with van der Waals surface area (Å²) in [5.41, 5.74) is 10.7. The third-order valence-electron chi connectivity index (χ3n) is 2.95. The van der Waals surface area contributed by atoms with Gasteiger partial charge in [-0.1, -0.05) is 0 Å². The van der Waals surface area contributed by atoms with E-state index in [9.17, 15) is 9.59 Å². The minimum atomic E-state index is -0.571. The lowest BCUT2D eigenvalue weighted by atomic mass is 10.3. The molecule has 0 bridgehead atoms. The van der Waals surface area contributed by atoms with Crippen molar-refractivity contribution in [2.24, 2.45) is 11.5 Å². The molecule has 8 heteroatoms. The molecule has 130 valence electrons. The first kappa shape index (κ1) is 20.8. The Morgan fingerprint density at radius 3 is 1.32 bits per heavy atom. The molecule has 0 aliphatic carbocycles. The van der Waals surface area contributed by atoms with Gasteiger partial charge in [-0.3, -0.25) is 9.59 Å². The van der Waals surface area contributed by atoms with Gasteiger partial charge < -0.3 is 32.7 Å². The van der Waals surface area contributed by atoms with Crippen LogP contribution >= 0.6 is 0 Å². The van der Waals surface area contributed by atoms with Gasteiger partial charge >= 0.3 is 11.8 Å². The van der Waals surface area contributed by atoms with Gasteiger partial charge in [-0.05, 0) is 65.0 Å². The first-order valence-electron chi connectivity index (χ1n) is 8.10. The number of nitrogens with two attached hydrogens (primary N) is 2. The zero-order chi connectivity index (χ0) is 16.5. The molecule has 0 atom stereocenters. The predicted octanol–water partition coefficient (Wildman–Crippen LogP) is -2.12. The van der Waals surface area contributed by atoms with Gasteiger partial charge in [-0.25, -0.2) is 0 Å². The van der Waals surface area contributed by atoms with Gasteiger partial charge in [0.05, 0.1) is 0 Å².